The van der Waals surface area contributed by atoms with Crippen molar-refractivity contribution in [2.75, 3.05) is 6.67 Å². The highest BCUT2D eigenvalue weighted by Crippen LogP contribution is 2.21. The molecule has 0 fully saturated rings. The number of carbonyl (C=O) groups excluding carboxylic acids is 3. The third-order valence-electron chi connectivity index (χ3n) is 3.38. The van der Waals surface area contributed by atoms with Gasteiger partial charge >= 0.3 is 0 Å². The maximum atomic E-state index is 12.1. The van der Waals surface area contributed by atoms with Gasteiger partial charge in [0.25, 0.3) is 17.7 Å². The predicted octanol–water partition coefficient (Wildman–Crippen LogP) is 2.32. The molecule has 0 aliphatic carbocycles. The first-order valence-electron chi connectivity index (χ1n) is 6.57. The average Bonchev–Trinajstić information content (AvgIpc) is 2.78. The van der Waals surface area contributed by atoms with Crippen LogP contribution in [0.2, 0.25) is 5.02 Å². The van der Waals surface area contributed by atoms with Crippen molar-refractivity contribution < 1.29 is 14.4 Å². The third kappa shape index (κ3) is 2.46. The normalized spacial score (nSPS) is 13.2. The molecule has 0 spiro atoms. The molecule has 6 heteroatoms. The average molecular weight is 315 g/mol. The van der Waals surface area contributed by atoms with E-state index in [1.54, 1.807) is 48.5 Å². The van der Waals surface area contributed by atoms with Gasteiger partial charge < -0.3 is 5.32 Å². The summed E-state index contributed by atoms with van der Waals surface area (Å²) in [5, 5.41) is 3.08. The Morgan fingerprint density at radius 2 is 1.50 bits per heavy atom. The maximum absolute atomic E-state index is 12.1. The highest BCUT2D eigenvalue weighted by molar-refractivity contribution is 6.30. The Labute approximate surface area is 131 Å². The summed E-state index contributed by atoms with van der Waals surface area (Å²) < 4.78 is 0. The lowest BCUT2D eigenvalue weighted by Gasteiger charge is -2.14. The van der Waals surface area contributed by atoms with Crippen molar-refractivity contribution in [3.05, 3.63) is 70.2 Å². The number of rotatable bonds is 3. The molecule has 0 bridgehead atoms. The zero-order valence-corrected chi connectivity index (χ0v) is 12.1. The summed E-state index contributed by atoms with van der Waals surface area (Å²) in [6.07, 6.45) is 0. The second kappa shape index (κ2) is 5.61. The third-order valence-corrected chi connectivity index (χ3v) is 3.63. The Bertz CT molecular complexity index is 736. The van der Waals surface area contributed by atoms with E-state index in [2.05, 4.69) is 5.32 Å². The van der Waals surface area contributed by atoms with Crippen molar-refractivity contribution in [2.24, 2.45) is 0 Å². The number of halogens is 1. The molecule has 1 N–H and O–H groups in total. The van der Waals surface area contributed by atoms with E-state index >= 15 is 0 Å². The fourth-order valence-corrected chi connectivity index (χ4v) is 2.36. The van der Waals surface area contributed by atoms with E-state index in [0.29, 0.717) is 21.7 Å². The van der Waals surface area contributed by atoms with Crippen LogP contribution in [0.5, 0.6) is 0 Å². The summed E-state index contributed by atoms with van der Waals surface area (Å²) in [6, 6.07) is 12.9. The number of fused-ring (bicyclic) bond motifs is 1. The summed E-state index contributed by atoms with van der Waals surface area (Å²) in [6.45, 7) is -0.173. The Kier molecular flexibility index (Phi) is 3.65. The Balaban J connectivity index is 1.70. The summed E-state index contributed by atoms with van der Waals surface area (Å²) in [7, 11) is 0. The van der Waals surface area contributed by atoms with E-state index < -0.39 is 11.8 Å². The van der Waals surface area contributed by atoms with Crippen molar-refractivity contribution in [3.63, 3.8) is 0 Å². The van der Waals surface area contributed by atoms with Gasteiger partial charge in [-0.05, 0) is 36.4 Å². The van der Waals surface area contributed by atoms with Crippen LogP contribution >= 0.6 is 11.6 Å². The van der Waals surface area contributed by atoms with Crippen LogP contribution < -0.4 is 5.32 Å². The molecule has 110 valence electrons. The van der Waals surface area contributed by atoms with Crippen LogP contribution in [0.15, 0.2) is 48.5 Å². The summed E-state index contributed by atoms with van der Waals surface area (Å²) in [5.41, 5.74) is 1.11. The van der Waals surface area contributed by atoms with Crippen molar-refractivity contribution >= 4 is 29.3 Å². The number of hydrogen-bond donors (Lipinski definition) is 1. The molecule has 3 rings (SSSR count). The largest absolute Gasteiger partial charge is 0.334 e. The van der Waals surface area contributed by atoms with Crippen LogP contribution in [0.1, 0.15) is 31.1 Å². The van der Waals surface area contributed by atoms with Crippen molar-refractivity contribution in [1.82, 2.24) is 10.2 Å². The van der Waals surface area contributed by atoms with Crippen molar-refractivity contribution in [3.8, 4) is 0 Å². The van der Waals surface area contributed by atoms with Crippen LogP contribution in [-0.4, -0.2) is 29.3 Å². The predicted molar refractivity (Wildman–Crippen MR) is 80.7 cm³/mol. The number of hydrogen-bond acceptors (Lipinski definition) is 3. The molecule has 0 radical (unpaired) electrons. The number of amides is 3. The van der Waals surface area contributed by atoms with Gasteiger partial charge in [-0.25, -0.2) is 0 Å². The number of benzene rings is 2. The fraction of sp³-hybridized carbons (Fsp3) is 0.0625. The van der Waals surface area contributed by atoms with Gasteiger partial charge in [0.2, 0.25) is 0 Å². The molecule has 0 aromatic heterocycles. The monoisotopic (exact) mass is 314 g/mol. The van der Waals surface area contributed by atoms with E-state index in [1.165, 1.54) is 0 Å². The molecule has 22 heavy (non-hydrogen) atoms. The molecule has 1 aliphatic rings. The number of imide groups is 1. The topological polar surface area (TPSA) is 66.5 Å². The van der Waals surface area contributed by atoms with Gasteiger partial charge in [0.1, 0.15) is 6.67 Å². The SMILES string of the molecule is O=C(NCN1C(=O)c2ccccc2C1=O)c1ccc(Cl)cc1. The van der Waals surface area contributed by atoms with Crippen LogP contribution in [-0.2, 0) is 0 Å². The molecule has 1 heterocycles. The van der Waals surface area contributed by atoms with Crippen LogP contribution in [0.4, 0.5) is 0 Å². The summed E-state index contributed by atoms with van der Waals surface area (Å²) in [4.78, 5) is 37.3. The highest BCUT2D eigenvalue weighted by Gasteiger charge is 2.35. The molecule has 0 saturated heterocycles. The minimum atomic E-state index is -0.406. The minimum absolute atomic E-state index is 0.173. The van der Waals surface area contributed by atoms with Gasteiger partial charge in [-0.2, -0.15) is 0 Å². The van der Waals surface area contributed by atoms with Gasteiger partial charge in [-0.3, -0.25) is 19.3 Å². The first kappa shape index (κ1) is 14.3. The molecule has 2 aromatic carbocycles. The van der Waals surface area contributed by atoms with Gasteiger partial charge in [0.05, 0.1) is 11.1 Å². The Morgan fingerprint density at radius 3 is 2.05 bits per heavy atom. The lowest BCUT2D eigenvalue weighted by molar-refractivity contribution is 0.0635. The molecular formula is C16H11ClN2O3. The van der Waals surface area contributed by atoms with Crippen molar-refractivity contribution in [1.29, 1.82) is 0 Å². The van der Waals surface area contributed by atoms with E-state index in [0.717, 1.165) is 4.90 Å². The zero-order chi connectivity index (χ0) is 15.7. The molecule has 2 aromatic rings. The Hall–Kier alpha value is -2.66. The quantitative estimate of drug-likeness (QED) is 0.884. The minimum Gasteiger partial charge on any atom is -0.334 e. The lowest BCUT2D eigenvalue weighted by Crippen LogP contribution is -2.40. The van der Waals surface area contributed by atoms with E-state index in [1.807, 2.05) is 0 Å². The number of nitrogens with zero attached hydrogens (tertiary/aromatic N) is 1. The molecule has 0 atom stereocenters. The fourth-order valence-electron chi connectivity index (χ4n) is 2.24. The summed E-state index contributed by atoms with van der Waals surface area (Å²) in [5.74, 6) is -1.19. The van der Waals surface area contributed by atoms with E-state index in [9.17, 15) is 14.4 Å². The van der Waals surface area contributed by atoms with Crippen LogP contribution in [0.25, 0.3) is 0 Å². The molecule has 5 nitrogen and oxygen atoms in total. The first-order valence-corrected chi connectivity index (χ1v) is 6.95. The van der Waals surface area contributed by atoms with Gasteiger partial charge in [-0.15, -0.1) is 0 Å². The second-order valence-electron chi connectivity index (χ2n) is 4.75. The van der Waals surface area contributed by atoms with E-state index in [4.69, 9.17) is 11.6 Å². The molecule has 0 unspecified atom stereocenters. The number of carbonyl (C=O) groups is 3. The first-order chi connectivity index (χ1) is 10.6. The summed E-state index contributed by atoms with van der Waals surface area (Å²) >= 11 is 5.76. The standard InChI is InChI=1S/C16H11ClN2O3/c17-11-7-5-10(6-8-11)14(20)18-9-19-15(21)12-3-1-2-4-13(12)16(19)22/h1-8H,9H2,(H,18,20). The van der Waals surface area contributed by atoms with Gasteiger partial charge in [-0.1, -0.05) is 23.7 Å². The maximum Gasteiger partial charge on any atom is 0.263 e. The van der Waals surface area contributed by atoms with E-state index in [-0.39, 0.29) is 12.6 Å². The molecule has 0 saturated carbocycles. The highest BCUT2D eigenvalue weighted by atomic mass is 35.5. The zero-order valence-electron chi connectivity index (χ0n) is 11.4. The molecule has 3 amide bonds. The molecule has 1 aliphatic heterocycles. The van der Waals surface area contributed by atoms with Crippen molar-refractivity contribution in [2.45, 2.75) is 0 Å². The number of nitrogens with one attached hydrogen (secondary N) is 1. The van der Waals surface area contributed by atoms with Gasteiger partial charge in [0, 0.05) is 10.6 Å². The van der Waals surface area contributed by atoms with Gasteiger partial charge in [0.15, 0.2) is 0 Å². The van der Waals surface area contributed by atoms with Crippen LogP contribution in [0.3, 0.4) is 0 Å². The Morgan fingerprint density at radius 1 is 0.955 bits per heavy atom. The molecular weight excluding hydrogens is 304 g/mol. The smallest absolute Gasteiger partial charge is 0.263 e. The second-order valence-corrected chi connectivity index (χ2v) is 5.19. The van der Waals surface area contributed by atoms with Crippen LogP contribution in [0, 0.1) is 0 Å². The lowest BCUT2D eigenvalue weighted by atomic mass is 10.1.